The summed E-state index contributed by atoms with van der Waals surface area (Å²) >= 11 is 0. The number of hydrogen-bond donors (Lipinski definition) is 1. The summed E-state index contributed by atoms with van der Waals surface area (Å²) in [5, 5.41) is 10.7. The highest BCUT2D eigenvalue weighted by molar-refractivity contribution is 5.27. The van der Waals surface area contributed by atoms with Crippen LogP contribution in [0.3, 0.4) is 0 Å². The number of allylic oxidation sites excluding steroid dienone is 1. The van der Waals surface area contributed by atoms with Gasteiger partial charge in [0.1, 0.15) is 0 Å². The van der Waals surface area contributed by atoms with Crippen molar-refractivity contribution in [1.82, 2.24) is 0 Å². The Balaban J connectivity index is 1.50. The summed E-state index contributed by atoms with van der Waals surface area (Å²) in [6.45, 7) is 12.5. The van der Waals surface area contributed by atoms with Gasteiger partial charge >= 0.3 is 0 Å². The van der Waals surface area contributed by atoms with Crippen LogP contribution in [0.4, 0.5) is 0 Å². The third-order valence-corrected chi connectivity index (χ3v) is 10.3. The van der Waals surface area contributed by atoms with E-state index in [1.54, 1.807) is 0 Å². The van der Waals surface area contributed by atoms with Gasteiger partial charge in [0.25, 0.3) is 0 Å². The predicted octanol–water partition coefficient (Wildman–Crippen LogP) is 7.39. The van der Waals surface area contributed by atoms with E-state index in [9.17, 15) is 5.11 Å². The van der Waals surface area contributed by atoms with Crippen molar-refractivity contribution in [2.45, 2.75) is 111 Å². The minimum atomic E-state index is -0.148. The molecule has 8 unspecified atom stereocenters. The lowest BCUT2D eigenvalue weighted by Gasteiger charge is -2.58. The van der Waals surface area contributed by atoms with Crippen LogP contribution in [0.2, 0.25) is 0 Å². The van der Waals surface area contributed by atoms with Crippen LogP contribution < -0.4 is 0 Å². The maximum atomic E-state index is 10.7. The third kappa shape index (κ3) is 3.32. The van der Waals surface area contributed by atoms with Gasteiger partial charge in [0.05, 0.1) is 6.10 Å². The summed E-state index contributed by atoms with van der Waals surface area (Å²) in [6.07, 6.45) is 17.2. The molecule has 0 bridgehead atoms. The van der Waals surface area contributed by atoms with E-state index < -0.39 is 0 Å². The first-order chi connectivity index (χ1) is 13.3. The average Bonchev–Trinajstić information content (AvgIpc) is 2.98. The Kier molecular flexibility index (Phi) is 5.80. The van der Waals surface area contributed by atoms with E-state index in [0.717, 1.165) is 41.9 Å². The summed E-state index contributed by atoms with van der Waals surface area (Å²) in [5.41, 5.74) is 2.30. The largest absolute Gasteiger partial charge is 0.389 e. The van der Waals surface area contributed by atoms with Gasteiger partial charge in [-0.2, -0.15) is 0 Å². The van der Waals surface area contributed by atoms with Crippen LogP contribution in [0, 0.1) is 46.3 Å². The van der Waals surface area contributed by atoms with Crippen molar-refractivity contribution < 1.29 is 5.11 Å². The molecule has 1 N–H and O–H groups in total. The molecule has 0 aliphatic heterocycles. The van der Waals surface area contributed by atoms with Gasteiger partial charge in [-0.25, -0.2) is 0 Å². The fourth-order valence-electron chi connectivity index (χ4n) is 8.81. The van der Waals surface area contributed by atoms with Crippen LogP contribution in [-0.4, -0.2) is 11.2 Å². The van der Waals surface area contributed by atoms with Crippen molar-refractivity contribution in [2.75, 3.05) is 0 Å². The zero-order valence-electron chi connectivity index (χ0n) is 19.3. The Morgan fingerprint density at radius 3 is 2.54 bits per heavy atom. The van der Waals surface area contributed by atoms with E-state index in [1.165, 1.54) is 69.8 Å². The molecule has 0 saturated heterocycles. The molecule has 4 aliphatic carbocycles. The van der Waals surface area contributed by atoms with Crippen LogP contribution in [0.25, 0.3) is 0 Å². The zero-order chi connectivity index (χ0) is 20.1. The lowest BCUT2D eigenvalue weighted by Crippen LogP contribution is -2.51. The Labute approximate surface area is 174 Å². The monoisotopic (exact) mass is 386 g/mol. The Bertz CT molecular complexity index is 591. The molecule has 4 rings (SSSR count). The molecule has 28 heavy (non-hydrogen) atoms. The molecule has 0 amide bonds. The highest BCUT2D eigenvalue weighted by Crippen LogP contribution is 2.67. The fraction of sp³-hybridized carbons (Fsp3) is 0.926. The number of rotatable bonds is 5. The maximum Gasteiger partial charge on any atom is 0.0755 e. The molecule has 4 aliphatic rings. The van der Waals surface area contributed by atoms with Gasteiger partial charge in [-0.3, -0.25) is 0 Å². The van der Waals surface area contributed by atoms with Gasteiger partial charge in [0.2, 0.25) is 0 Å². The summed E-state index contributed by atoms with van der Waals surface area (Å²) in [7, 11) is 0. The first-order valence-corrected chi connectivity index (χ1v) is 12.7. The molecule has 8 atom stereocenters. The second kappa shape index (κ2) is 7.75. The van der Waals surface area contributed by atoms with Gasteiger partial charge < -0.3 is 5.11 Å². The highest BCUT2D eigenvalue weighted by atomic mass is 16.3. The normalized spacial score (nSPS) is 46.5. The zero-order valence-corrected chi connectivity index (χ0v) is 19.3. The van der Waals surface area contributed by atoms with Crippen molar-refractivity contribution in [3.05, 3.63) is 11.6 Å². The lowest BCUT2D eigenvalue weighted by molar-refractivity contribution is -0.0590. The van der Waals surface area contributed by atoms with E-state index in [1.807, 2.05) is 0 Å². The fourth-order valence-corrected chi connectivity index (χ4v) is 8.81. The Morgan fingerprint density at radius 1 is 1.00 bits per heavy atom. The summed E-state index contributed by atoms with van der Waals surface area (Å²) < 4.78 is 0. The maximum absolute atomic E-state index is 10.7. The van der Waals surface area contributed by atoms with Crippen LogP contribution >= 0.6 is 0 Å². The van der Waals surface area contributed by atoms with Crippen molar-refractivity contribution >= 4 is 0 Å². The standard InChI is InChI=1S/C27H46O/c1-18(2)8-6-9-19(3)21-13-14-22-20-11-12-24-25(28)10-7-16-26(24,4)23(20)15-17-27(21,22)5/h12,18-23,25,28H,6-11,13-17H2,1-5H3. The van der Waals surface area contributed by atoms with E-state index in [4.69, 9.17) is 0 Å². The molecule has 3 saturated carbocycles. The van der Waals surface area contributed by atoms with Gasteiger partial charge in [0.15, 0.2) is 0 Å². The Hall–Kier alpha value is -0.300. The molecule has 160 valence electrons. The number of fused-ring (bicyclic) bond motifs is 5. The molecular weight excluding hydrogens is 340 g/mol. The minimum absolute atomic E-state index is 0.148. The van der Waals surface area contributed by atoms with Crippen molar-refractivity contribution in [3.8, 4) is 0 Å². The van der Waals surface area contributed by atoms with Crippen molar-refractivity contribution in [3.63, 3.8) is 0 Å². The Morgan fingerprint density at radius 2 is 1.79 bits per heavy atom. The minimum Gasteiger partial charge on any atom is -0.389 e. The topological polar surface area (TPSA) is 20.2 Å². The van der Waals surface area contributed by atoms with Crippen molar-refractivity contribution in [2.24, 2.45) is 46.3 Å². The number of aliphatic hydroxyl groups excluding tert-OH is 1. The van der Waals surface area contributed by atoms with Crippen LogP contribution in [-0.2, 0) is 0 Å². The quantitative estimate of drug-likeness (QED) is 0.488. The van der Waals surface area contributed by atoms with E-state index in [0.29, 0.717) is 10.8 Å². The van der Waals surface area contributed by atoms with E-state index >= 15 is 0 Å². The number of hydrogen-bond acceptors (Lipinski definition) is 1. The SMILES string of the molecule is CC(C)CCCC(C)C1CCC2C3CC=C4C(O)CCCC4(C)C3CCC12C. The molecular formula is C27H46O. The lowest BCUT2D eigenvalue weighted by atomic mass is 9.47. The van der Waals surface area contributed by atoms with E-state index in [2.05, 4.69) is 40.7 Å². The van der Waals surface area contributed by atoms with Crippen LogP contribution in [0.5, 0.6) is 0 Å². The summed E-state index contributed by atoms with van der Waals surface area (Å²) in [4.78, 5) is 0. The van der Waals surface area contributed by atoms with Crippen LogP contribution in [0.1, 0.15) is 105 Å². The van der Waals surface area contributed by atoms with Gasteiger partial charge in [-0.1, -0.05) is 60.0 Å². The van der Waals surface area contributed by atoms with E-state index in [-0.39, 0.29) is 6.10 Å². The van der Waals surface area contributed by atoms with Gasteiger partial charge in [-0.15, -0.1) is 0 Å². The number of aliphatic hydroxyl groups is 1. The smallest absolute Gasteiger partial charge is 0.0755 e. The molecule has 0 aromatic heterocycles. The van der Waals surface area contributed by atoms with Gasteiger partial charge in [-0.05, 0) is 103 Å². The van der Waals surface area contributed by atoms with Crippen molar-refractivity contribution in [1.29, 1.82) is 0 Å². The molecule has 3 fully saturated rings. The molecule has 0 radical (unpaired) electrons. The third-order valence-electron chi connectivity index (χ3n) is 10.3. The summed E-state index contributed by atoms with van der Waals surface area (Å²) in [5.74, 6) is 5.33. The molecule has 0 aromatic carbocycles. The average molecular weight is 387 g/mol. The molecule has 1 heteroatoms. The predicted molar refractivity (Wildman–Crippen MR) is 119 cm³/mol. The molecule has 0 aromatic rings. The first kappa shape index (κ1) is 21.0. The second-order valence-electron chi connectivity index (χ2n) is 12.1. The molecule has 0 spiro atoms. The molecule has 1 nitrogen and oxygen atoms in total. The van der Waals surface area contributed by atoms with Gasteiger partial charge in [0, 0.05) is 0 Å². The van der Waals surface area contributed by atoms with Crippen LogP contribution in [0.15, 0.2) is 11.6 Å². The second-order valence-corrected chi connectivity index (χ2v) is 12.1. The highest BCUT2D eigenvalue weighted by Gasteiger charge is 2.59. The molecule has 0 heterocycles. The first-order valence-electron chi connectivity index (χ1n) is 12.7. The summed E-state index contributed by atoms with van der Waals surface area (Å²) in [6, 6.07) is 0.